The molecule has 0 radical (unpaired) electrons. The molecule has 106 valence electrons. The van der Waals surface area contributed by atoms with Crippen molar-refractivity contribution in [2.75, 3.05) is 6.54 Å². The lowest BCUT2D eigenvalue weighted by Gasteiger charge is -2.14. The van der Waals surface area contributed by atoms with Gasteiger partial charge in [0.25, 0.3) is 0 Å². The minimum Gasteiger partial charge on any atom is -0.211 e. The summed E-state index contributed by atoms with van der Waals surface area (Å²) in [5.74, 6) is 0.0422. The zero-order valence-corrected chi connectivity index (χ0v) is 12.2. The van der Waals surface area contributed by atoms with Crippen molar-refractivity contribution in [3.05, 3.63) is 29.1 Å². The van der Waals surface area contributed by atoms with Crippen LogP contribution in [0.15, 0.2) is 17.0 Å². The van der Waals surface area contributed by atoms with E-state index in [0.29, 0.717) is 23.6 Å². The van der Waals surface area contributed by atoms with Gasteiger partial charge in [-0.2, -0.15) is 0 Å². The summed E-state index contributed by atoms with van der Waals surface area (Å²) in [7, 11) is -3.54. The van der Waals surface area contributed by atoms with Gasteiger partial charge in [0.15, 0.2) is 0 Å². The average molecular weight is 285 g/mol. The monoisotopic (exact) mass is 285 g/mol. The molecular weight excluding hydrogens is 265 g/mol. The van der Waals surface area contributed by atoms with E-state index in [1.807, 2.05) is 0 Å². The summed E-state index contributed by atoms with van der Waals surface area (Å²) in [6.07, 6.45) is 4.54. The van der Waals surface area contributed by atoms with E-state index in [0.717, 1.165) is 12.8 Å². The van der Waals surface area contributed by atoms with Gasteiger partial charge in [0, 0.05) is 6.54 Å². The lowest BCUT2D eigenvalue weighted by atomic mass is 10.1. The van der Waals surface area contributed by atoms with Gasteiger partial charge in [-0.25, -0.2) is 17.5 Å². The van der Waals surface area contributed by atoms with E-state index >= 15 is 0 Å². The number of rotatable bonds is 4. The van der Waals surface area contributed by atoms with Crippen molar-refractivity contribution in [1.82, 2.24) is 4.72 Å². The van der Waals surface area contributed by atoms with Crippen LogP contribution in [0.25, 0.3) is 0 Å². The number of hydrogen-bond acceptors (Lipinski definition) is 2. The predicted molar refractivity (Wildman–Crippen MR) is 73.0 cm³/mol. The Kier molecular flexibility index (Phi) is 4.26. The summed E-state index contributed by atoms with van der Waals surface area (Å²) in [5.41, 5.74) is 0.910. The molecule has 0 atom stereocenters. The molecule has 1 fully saturated rings. The van der Waals surface area contributed by atoms with Crippen molar-refractivity contribution < 1.29 is 12.8 Å². The highest BCUT2D eigenvalue weighted by Crippen LogP contribution is 2.25. The molecule has 19 heavy (non-hydrogen) atoms. The minimum atomic E-state index is -3.54. The van der Waals surface area contributed by atoms with Crippen LogP contribution in [-0.4, -0.2) is 15.0 Å². The van der Waals surface area contributed by atoms with Crippen LogP contribution in [0.4, 0.5) is 4.39 Å². The molecule has 1 saturated carbocycles. The Hall–Kier alpha value is -0.940. The molecule has 0 heterocycles. The fraction of sp³-hybridized carbons (Fsp3) is 0.571. The first-order valence-corrected chi connectivity index (χ1v) is 8.15. The zero-order chi connectivity index (χ0) is 14.0. The van der Waals surface area contributed by atoms with Gasteiger partial charge < -0.3 is 0 Å². The van der Waals surface area contributed by atoms with E-state index in [4.69, 9.17) is 0 Å². The molecule has 0 aliphatic heterocycles. The van der Waals surface area contributed by atoms with Crippen LogP contribution in [-0.2, 0) is 10.0 Å². The van der Waals surface area contributed by atoms with Crippen LogP contribution in [0, 0.1) is 25.6 Å². The molecule has 1 aromatic carbocycles. The standard InChI is InChI=1S/C14H20FNO2S/c1-10-7-13(15)8-11(2)14(10)19(17,18)16-9-12-5-3-4-6-12/h7-8,12,16H,3-6,9H2,1-2H3. The lowest BCUT2D eigenvalue weighted by Crippen LogP contribution is -2.29. The molecule has 0 unspecified atom stereocenters. The van der Waals surface area contributed by atoms with E-state index in [2.05, 4.69) is 4.72 Å². The summed E-state index contributed by atoms with van der Waals surface area (Å²) in [4.78, 5) is 0.215. The van der Waals surface area contributed by atoms with Crippen molar-refractivity contribution in [1.29, 1.82) is 0 Å². The van der Waals surface area contributed by atoms with Crippen LogP contribution >= 0.6 is 0 Å². The average Bonchev–Trinajstić information content (AvgIpc) is 2.77. The minimum absolute atomic E-state index is 0.215. The van der Waals surface area contributed by atoms with Crippen molar-refractivity contribution in [2.45, 2.75) is 44.4 Å². The second-order valence-corrected chi connectivity index (χ2v) is 7.07. The number of halogens is 1. The summed E-state index contributed by atoms with van der Waals surface area (Å²) >= 11 is 0. The molecule has 0 bridgehead atoms. The lowest BCUT2D eigenvalue weighted by molar-refractivity contribution is 0.519. The largest absolute Gasteiger partial charge is 0.241 e. The second-order valence-electron chi connectivity index (χ2n) is 5.37. The van der Waals surface area contributed by atoms with E-state index in [1.165, 1.54) is 25.0 Å². The normalized spacial score (nSPS) is 17.0. The van der Waals surface area contributed by atoms with E-state index < -0.39 is 15.8 Å². The van der Waals surface area contributed by atoms with Crippen LogP contribution in [0.2, 0.25) is 0 Å². The number of benzene rings is 1. The van der Waals surface area contributed by atoms with Crippen LogP contribution in [0.3, 0.4) is 0 Å². The predicted octanol–water partition coefficient (Wildman–Crippen LogP) is 2.91. The van der Waals surface area contributed by atoms with Gasteiger partial charge in [-0.15, -0.1) is 0 Å². The fourth-order valence-corrected chi connectivity index (χ4v) is 4.40. The Morgan fingerprint density at radius 1 is 1.21 bits per heavy atom. The topological polar surface area (TPSA) is 46.2 Å². The van der Waals surface area contributed by atoms with Crippen molar-refractivity contribution in [3.63, 3.8) is 0 Å². The van der Waals surface area contributed by atoms with Gasteiger partial charge in [0.05, 0.1) is 4.90 Å². The van der Waals surface area contributed by atoms with E-state index in [1.54, 1.807) is 13.8 Å². The Balaban J connectivity index is 2.19. The highest BCUT2D eigenvalue weighted by Gasteiger charge is 2.23. The molecule has 0 aromatic heterocycles. The molecular formula is C14H20FNO2S. The molecule has 5 heteroatoms. The first kappa shape index (κ1) is 14.5. The van der Waals surface area contributed by atoms with Crippen LogP contribution < -0.4 is 4.72 Å². The van der Waals surface area contributed by atoms with Crippen LogP contribution in [0.1, 0.15) is 36.8 Å². The van der Waals surface area contributed by atoms with Crippen molar-refractivity contribution >= 4 is 10.0 Å². The smallest absolute Gasteiger partial charge is 0.211 e. The summed E-state index contributed by atoms with van der Waals surface area (Å²) in [6.45, 7) is 3.74. The van der Waals surface area contributed by atoms with E-state index in [-0.39, 0.29) is 4.90 Å². The number of hydrogen-bond donors (Lipinski definition) is 1. The Labute approximate surface area is 114 Å². The molecule has 0 amide bonds. The number of sulfonamides is 1. The second kappa shape index (κ2) is 5.59. The van der Waals surface area contributed by atoms with E-state index in [9.17, 15) is 12.8 Å². The summed E-state index contributed by atoms with van der Waals surface area (Å²) in [6, 6.07) is 2.52. The van der Waals surface area contributed by atoms with Crippen molar-refractivity contribution in [3.8, 4) is 0 Å². The number of aryl methyl sites for hydroxylation is 2. The molecule has 1 N–H and O–H groups in total. The molecule has 1 aliphatic carbocycles. The first-order chi connectivity index (χ1) is 8.90. The molecule has 1 aromatic rings. The third kappa shape index (κ3) is 3.34. The Morgan fingerprint density at radius 2 is 1.74 bits per heavy atom. The highest BCUT2D eigenvalue weighted by atomic mass is 32.2. The molecule has 3 nitrogen and oxygen atoms in total. The molecule has 2 rings (SSSR count). The van der Waals surface area contributed by atoms with Gasteiger partial charge in [0.2, 0.25) is 10.0 Å². The van der Waals surface area contributed by atoms with Gasteiger partial charge in [-0.1, -0.05) is 12.8 Å². The Bertz CT molecular complexity index is 540. The maximum Gasteiger partial charge on any atom is 0.241 e. The first-order valence-electron chi connectivity index (χ1n) is 6.66. The third-order valence-corrected chi connectivity index (χ3v) is 5.46. The molecule has 0 saturated heterocycles. The maximum absolute atomic E-state index is 13.2. The van der Waals surface area contributed by atoms with Gasteiger partial charge in [-0.05, 0) is 55.9 Å². The van der Waals surface area contributed by atoms with Crippen LogP contribution in [0.5, 0.6) is 0 Å². The van der Waals surface area contributed by atoms with Gasteiger partial charge in [-0.3, -0.25) is 0 Å². The molecule has 0 spiro atoms. The molecule has 1 aliphatic rings. The maximum atomic E-state index is 13.2. The van der Waals surface area contributed by atoms with Crippen molar-refractivity contribution in [2.24, 2.45) is 5.92 Å². The quantitative estimate of drug-likeness (QED) is 0.924. The summed E-state index contributed by atoms with van der Waals surface area (Å²) < 4.78 is 40.5. The SMILES string of the molecule is Cc1cc(F)cc(C)c1S(=O)(=O)NCC1CCCC1. The third-order valence-electron chi connectivity index (χ3n) is 3.73. The summed E-state index contributed by atoms with van der Waals surface area (Å²) in [5, 5.41) is 0. The zero-order valence-electron chi connectivity index (χ0n) is 11.4. The highest BCUT2D eigenvalue weighted by molar-refractivity contribution is 7.89. The van der Waals surface area contributed by atoms with Gasteiger partial charge in [0.1, 0.15) is 5.82 Å². The fourth-order valence-electron chi connectivity index (χ4n) is 2.84. The Morgan fingerprint density at radius 3 is 2.26 bits per heavy atom. The number of nitrogens with one attached hydrogen (secondary N) is 1. The van der Waals surface area contributed by atoms with Gasteiger partial charge >= 0.3 is 0 Å².